The Bertz CT molecular complexity index is 952. The van der Waals surface area contributed by atoms with Crippen LogP contribution in [0.5, 0.6) is 5.75 Å². The summed E-state index contributed by atoms with van der Waals surface area (Å²) in [6.07, 6.45) is 7.10. The lowest BCUT2D eigenvalue weighted by Crippen LogP contribution is -2.08. The predicted octanol–water partition coefficient (Wildman–Crippen LogP) is 5.40. The number of benzene rings is 1. The molecule has 0 radical (unpaired) electrons. The molecule has 0 saturated carbocycles. The molecule has 4 nitrogen and oxygen atoms in total. The molecule has 0 unspecified atom stereocenters. The molecule has 0 N–H and O–H groups in total. The summed E-state index contributed by atoms with van der Waals surface area (Å²) in [4.78, 5) is 17.6. The maximum Gasteiger partial charge on any atom is 0.226 e. The number of rotatable bonds is 9. The van der Waals surface area contributed by atoms with Crippen molar-refractivity contribution < 1.29 is 9.15 Å². The van der Waals surface area contributed by atoms with E-state index in [-0.39, 0.29) is 5.43 Å². The highest BCUT2D eigenvalue weighted by atomic mass is 32.2. The number of nitrogens with zero attached hydrogens (tertiary/aromatic N) is 1. The van der Waals surface area contributed by atoms with Crippen molar-refractivity contribution in [1.29, 1.82) is 0 Å². The second-order valence-corrected chi connectivity index (χ2v) is 7.65. The standard InChI is InChI=1S/C22H25NO3S/c1-3-17-14-20(24)21(15-26-17)25-11-5-4-6-12-27-22-9-10-23-19-13-16(2)7-8-18(19)22/h7-10,13-15H,3-6,11-12H2,1-2H3. The first-order chi connectivity index (χ1) is 13.2. The van der Waals surface area contributed by atoms with E-state index in [0.29, 0.717) is 24.5 Å². The fraction of sp³-hybridized carbons (Fsp3) is 0.364. The van der Waals surface area contributed by atoms with E-state index in [1.54, 1.807) is 0 Å². The number of ether oxygens (including phenoxy) is 1. The summed E-state index contributed by atoms with van der Waals surface area (Å²) in [6, 6.07) is 10.0. The zero-order valence-electron chi connectivity index (χ0n) is 15.9. The fourth-order valence-corrected chi connectivity index (χ4v) is 3.89. The number of aryl methyl sites for hydroxylation is 2. The van der Waals surface area contributed by atoms with Crippen LogP contribution in [0.3, 0.4) is 0 Å². The van der Waals surface area contributed by atoms with Crippen molar-refractivity contribution in [1.82, 2.24) is 4.98 Å². The Hall–Kier alpha value is -2.27. The average Bonchev–Trinajstić information content (AvgIpc) is 2.68. The molecule has 0 fully saturated rings. The Balaban J connectivity index is 1.39. The number of hydrogen-bond acceptors (Lipinski definition) is 5. The van der Waals surface area contributed by atoms with Gasteiger partial charge in [0, 0.05) is 29.0 Å². The lowest BCUT2D eigenvalue weighted by atomic mass is 10.1. The summed E-state index contributed by atoms with van der Waals surface area (Å²) in [5, 5.41) is 1.22. The van der Waals surface area contributed by atoms with Crippen molar-refractivity contribution in [2.45, 2.75) is 44.4 Å². The number of thioether (sulfide) groups is 1. The van der Waals surface area contributed by atoms with Gasteiger partial charge in [0.05, 0.1) is 12.1 Å². The largest absolute Gasteiger partial charge is 0.487 e. The average molecular weight is 384 g/mol. The van der Waals surface area contributed by atoms with Crippen LogP contribution in [0.25, 0.3) is 10.9 Å². The molecule has 3 aromatic rings. The van der Waals surface area contributed by atoms with Crippen molar-refractivity contribution in [3.63, 3.8) is 0 Å². The van der Waals surface area contributed by atoms with E-state index in [0.717, 1.165) is 30.5 Å². The highest BCUT2D eigenvalue weighted by Crippen LogP contribution is 2.28. The van der Waals surface area contributed by atoms with Crippen molar-refractivity contribution in [2.24, 2.45) is 0 Å². The van der Waals surface area contributed by atoms with Gasteiger partial charge in [0.25, 0.3) is 0 Å². The van der Waals surface area contributed by atoms with Crippen LogP contribution in [0, 0.1) is 6.92 Å². The molecule has 142 valence electrons. The zero-order chi connectivity index (χ0) is 19.1. The van der Waals surface area contributed by atoms with Crippen LogP contribution in [0.2, 0.25) is 0 Å². The molecule has 5 heteroatoms. The number of hydrogen-bond donors (Lipinski definition) is 0. The van der Waals surface area contributed by atoms with Gasteiger partial charge in [-0.3, -0.25) is 9.78 Å². The Morgan fingerprint density at radius 3 is 2.85 bits per heavy atom. The summed E-state index contributed by atoms with van der Waals surface area (Å²) in [5.41, 5.74) is 2.19. The van der Waals surface area contributed by atoms with Crippen LogP contribution < -0.4 is 10.2 Å². The lowest BCUT2D eigenvalue weighted by molar-refractivity contribution is 0.291. The van der Waals surface area contributed by atoms with Gasteiger partial charge in [-0.2, -0.15) is 0 Å². The summed E-state index contributed by atoms with van der Waals surface area (Å²) in [6.45, 7) is 4.58. The van der Waals surface area contributed by atoms with Gasteiger partial charge in [-0.15, -0.1) is 11.8 Å². The van der Waals surface area contributed by atoms with Crippen LogP contribution >= 0.6 is 11.8 Å². The molecule has 2 heterocycles. The van der Waals surface area contributed by atoms with E-state index < -0.39 is 0 Å². The number of aromatic nitrogens is 1. The van der Waals surface area contributed by atoms with Crippen LogP contribution in [-0.4, -0.2) is 17.3 Å². The summed E-state index contributed by atoms with van der Waals surface area (Å²) in [7, 11) is 0. The third kappa shape index (κ3) is 5.36. The van der Waals surface area contributed by atoms with Crippen molar-refractivity contribution >= 4 is 22.7 Å². The molecule has 0 amide bonds. The number of fused-ring (bicyclic) bond motifs is 1. The first-order valence-corrected chi connectivity index (χ1v) is 10.4. The van der Waals surface area contributed by atoms with Gasteiger partial charge in [-0.05, 0) is 49.6 Å². The van der Waals surface area contributed by atoms with Gasteiger partial charge >= 0.3 is 0 Å². The molecule has 0 aliphatic rings. The SMILES string of the molecule is CCc1cc(=O)c(OCCCCCSc2ccnc3cc(C)ccc23)co1. The molecular formula is C22H25NO3S. The Morgan fingerprint density at radius 2 is 2.04 bits per heavy atom. The summed E-state index contributed by atoms with van der Waals surface area (Å²) in [5.74, 6) is 2.05. The van der Waals surface area contributed by atoms with E-state index in [9.17, 15) is 4.79 Å². The highest BCUT2D eigenvalue weighted by Gasteiger charge is 2.05. The predicted molar refractivity (Wildman–Crippen MR) is 111 cm³/mol. The molecule has 2 aromatic heterocycles. The first kappa shape index (κ1) is 19.5. The third-order valence-corrected chi connectivity index (χ3v) is 5.52. The second-order valence-electron chi connectivity index (χ2n) is 6.52. The summed E-state index contributed by atoms with van der Waals surface area (Å²) < 4.78 is 10.9. The van der Waals surface area contributed by atoms with Crippen LogP contribution in [0.4, 0.5) is 0 Å². The first-order valence-electron chi connectivity index (χ1n) is 9.40. The molecule has 27 heavy (non-hydrogen) atoms. The normalized spacial score (nSPS) is 11.0. The number of pyridine rings is 1. The zero-order valence-corrected chi connectivity index (χ0v) is 16.7. The highest BCUT2D eigenvalue weighted by molar-refractivity contribution is 7.99. The smallest absolute Gasteiger partial charge is 0.226 e. The van der Waals surface area contributed by atoms with Crippen molar-refractivity contribution in [2.75, 3.05) is 12.4 Å². The molecule has 0 aliphatic heterocycles. The Labute approximate surface area is 164 Å². The maximum absolute atomic E-state index is 11.9. The molecule has 0 saturated heterocycles. The Kier molecular flexibility index (Phi) is 6.93. The molecule has 0 atom stereocenters. The topological polar surface area (TPSA) is 52.3 Å². The van der Waals surface area contributed by atoms with Gasteiger partial charge in [0.2, 0.25) is 11.2 Å². The monoisotopic (exact) mass is 383 g/mol. The summed E-state index contributed by atoms with van der Waals surface area (Å²) >= 11 is 1.87. The second kappa shape index (κ2) is 9.60. The van der Waals surface area contributed by atoms with Crippen molar-refractivity contribution in [3.8, 4) is 5.75 Å². The fourth-order valence-electron chi connectivity index (χ4n) is 2.83. The molecule has 3 rings (SSSR count). The van der Waals surface area contributed by atoms with Crippen LogP contribution in [0.15, 0.2) is 56.9 Å². The van der Waals surface area contributed by atoms with E-state index >= 15 is 0 Å². The maximum atomic E-state index is 11.9. The molecule has 0 bridgehead atoms. The molecule has 0 aliphatic carbocycles. The minimum absolute atomic E-state index is 0.103. The quantitative estimate of drug-likeness (QED) is 0.366. The van der Waals surface area contributed by atoms with E-state index in [2.05, 4.69) is 36.2 Å². The molecule has 0 spiro atoms. The number of unbranched alkanes of at least 4 members (excludes halogenated alkanes) is 2. The van der Waals surface area contributed by atoms with Crippen LogP contribution in [0.1, 0.15) is 37.5 Å². The molecular weight excluding hydrogens is 358 g/mol. The van der Waals surface area contributed by atoms with Gasteiger partial charge in [-0.1, -0.05) is 19.1 Å². The van der Waals surface area contributed by atoms with Gasteiger partial charge in [0.1, 0.15) is 12.0 Å². The van der Waals surface area contributed by atoms with Gasteiger partial charge < -0.3 is 9.15 Å². The van der Waals surface area contributed by atoms with Gasteiger partial charge in [-0.25, -0.2) is 0 Å². The van der Waals surface area contributed by atoms with E-state index in [1.165, 1.54) is 28.2 Å². The Morgan fingerprint density at radius 1 is 1.15 bits per heavy atom. The molecule has 1 aromatic carbocycles. The minimum Gasteiger partial charge on any atom is -0.487 e. The lowest BCUT2D eigenvalue weighted by Gasteiger charge is -2.07. The minimum atomic E-state index is -0.103. The van der Waals surface area contributed by atoms with Crippen molar-refractivity contribution in [3.05, 3.63) is 64.3 Å². The van der Waals surface area contributed by atoms with Gasteiger partial charge in [0.15, 0.2) is 0 Å². The van der Waals surface area contributed by atoms with Crippen LogP contribution in [-0.2, 0) is 6.42 Å². The van der Waals surface area contributed by atoms with E-state index in [4.69, 9.17) is 9.15 Å². The van der Waals surface area contributed by atoms with E-state index in [1.807, 2.05) is 24.9 Å². The third-order valence-electron chi connectivity index (χ3n) is 4.36.